The van der Waals surface area contributed by atoms with Gasteiger partial charge >= 0.3 is 0 Å². The molecule has 2 heterocycles. The predicted molar refractivity (Wildman–Crippen MR) is 94.3 cm³/mol. The lowest BCUT2D eigenvalue weighted by Crippen LogP contribution is -2.08. The second-order valence-corrected chi connectivity index (χ2v) is 5.93. The molecule has 0 amide bonds. The van der Waals surface area contributed by atoms with E-state index in [1.807, 2.05) is 38.1 Å². The molecule has 0 aliphatic carbocycles. The van der Waals surface area contributed by atoms with Crippen LogP contribution in [0.15, 0.2) is 59.1 Å². The Labute approximate surface area is 144 Å². The van der Waals surface area contributed by atoms with E-state index in [1.54, 1.807) is 23.0 Å². The van der Waals surface area contributed by atoms with E-state index in [1.165, 1.54) is 12.1 Å². The Balaban J connectivity index is 1.60. The molecule has 4 rings (SSSR count). The Morgan fingerprint density at radius 3 is 2.64 bits per heavy atom. The molecule has 6 heteroatoms. The van der Waals surface area contributed by atoms with E-state index in [4.69, 9.17) is 4.42 Å². The van der Waals surface area contributed by atoms with Gasteiger partial charge in [0.25, 0.3) is 6.01 Å². The maximum absolute atomic E-state index is 13.1. The number of nitrogens with zero attached hydrogens (tertiary/aromatic N) is 3. The van der Waals surface area contributed by atoms with Crippen molar-refractivity contribution >= 4 is 17.1 Å². The first-order chi connectivity index (χ1) is 12.1. The van der Waals surface area contributed by atoms with Crippen LogP contribution in [0.25, 0.3) is 16.8 Å². The fourth-order valence-electron chi connectivity index (χ4n) is 2.89. The van der Waals surface area contributed by atoms with Gasteiger partial charge in [0.2, 0.25) is 0 Å². The van der Waals surface area contributed by atoms with Gasteiger partial charge < -0.3 is 9.73 Å². The molecule has 5 nitrogen and oxygen atoms in total. The van der Waals surface area contributed by atoms with Crippen molar-refractivity contribution in [3.63, 3.8) is 0 Å². The van der Waals surface area contributed by atoms with Crippen molar-refractivity contribution in [3.8, 4) is 5.69 Å². The van der Waals surface area contributed by atoms with Gasteiger partial charge in [0.1, 0.15) is 11.3 Å². The van der Waals surface area contributed by atoms with E-state index in [0.717, 1.165) is 28.0 Å². The molecule has 126 valence electrons. The van der Waals surface area contributed by atoms with Gasteiger partial charge in [-0.1, -0.05) is 12.1 Å². The van der Waals surface area contributed by atoms with E-state index in [-0.39, 0.29) is 11.9 Å². The normalized spacial score (nSPS) is 12.4. The Hall–Kier alpha value is -3.15. The van der Waals surface area contributed by atoms with E-state index < -0.39 is 0 Å². The van der Waals surface area contributed by atoms with Crippen molar-refractivity contribution in [3.05, 3.63) is 71.8 Å². The predicted octanol–water partition coefficient (Wildman–Crippen LogP) is 4.63. The maximum atomic E-state index is 13.1. The Morgan fingerprint density at radius 1 is 1.12 bits per heavy atom. The van der Waals surface area contributed by atoms with Gasteiger partial charge in [0.05, 0.1) is 17.9 Å². The monoisotopic (exact) mass is 336 g/mol. The molecule has 0 aliphatic rings. The summed E-state index contributed by atoms with van der Waals surface area (Å²) in [6.07, 6.45) is 1.80. The van der Waals surface area contributed by atoms with Crippen molar-refractivity contribution in [1.82, 2.24) is 14.8 Å². The summed E-state index contributed by atoms with van der Waals surface area (Å²) in [7, 11) is 0. The van der Waals surface area contributed by atoms with E-state index in [9.17, 15) is 4.39 Å². The quantitative estimate of drug-likeness (QED) is 0.590. The molecule has 0 aliphatic heterocycles. The number of nitrogens with one attached hydrogen (secondary N) is 1. The molecule has 0 bridgehead atoms. The van der Waals surface area contributed by atoms with Crippen LogP contribution in [0.5, 0.6) is 0 Å². The number of rotatable bonds is 4. The van der Waals surface area contributed by atoms with Crippen LogP contribution < -0.4 is 5.32 Å². The summed E-state index contributed by atoms with van der Waals surface area (Å²) in [5.41, 5.74) is 4.38. The van der Waals surface area contributed by atoms with Crippen LogP contribution in [-0.2, 0) is 0 Å². The second-order valence-electron chi connectivity index (χ2n) is 5.93. The van der Waals surface area contributed by atoms with Gasteiger partial charge in [0, 0.05) is 11.3 Å². The minimum atomic E-state index is -0.264. The van der Waals surface area contributed by atoms with Gasteiger partial charge in [-0.3, -0.25) is 0 Å². The van der Waals surface area contributed by atoms with Crippen LogP contribution in [0.4, 0.5) is 10.4 Å². The van der Waals surface area contributed by atoms with Crippen LogP contribution in [0.1, 0.15) is 24.2 Å². The lowest BCUT2D eigenvalue weighted by molar-refractivity contribution is 0.603. The first-order valence-corrected chi connectivity index (χ1v) is 8.04. The van der Waals surface area contributed by atoms with Crippen LogP contribution in [0.2, 0.25) is 0 Å². The zero-order chi connectivity index (χ0) is 17.4. The summed E-state index contributed by atoms with van der Waals surface area (Å²) in [6.45, 7) is 4.00. The van der Waals surface area contributed by atoms with Gasteiger partial charge in [-0.05, 0) is 50.2 Å². The largest absolute Gasteiger partial charge is 0.424 e. The molecule has 0 radical (unpaired) electrons. The Bertz CT molecular complexity index is 987. The molecule has 25 heavy (non-hydrogen) atoms. The van der Waals surface area contributed by atoms with Crippen molar-refractivity contribution in [2.24, 2.45) is 0 Å². The third-order valence-electron chi connectivity index (χ3n) is 4.22. The number of halogens is 1. The third kappa shape index (κ3) is 2.87. The molecule has 4 aromatic rings. The summed E-state index contributed by atoms with van der Waals surface area (Å²) < 4.78 is 20.6. The minimum Gasteiger partial charge on any atom is -0.424 e. The first-order valence-electron chi connectivity index (χ1n) is 8.04. The molecule has 0 saturated heterocycles. The number of hydrogen-bond donors (Lipinski definition) is 1. The highest BCUT2D eigenvalue weighted by Crippen LogP contribution is 2.25. The van der Waals surface area contributed by atoms with Gasteiger partial charge in [-0.15, -0.1) is 0 Å². The van der Waals surface area contributed by atoms with Crippen LogP contribution in [-0.4, -0.2) is 14.8 Å². The van der Waals surface area contributed by atoms with Crippen LogP contribution >= 0.6 is 0 Å². The average molecular weight is 336 g/mol. The lowest BCUT2D eigenvalue weighted by atomic mass is 10.1. The highest BCUT2D eigenvalue weighted by atomic mass is 19.1. The summed E-state index contributed by atoms with van der Waals surface area (Å²) in [5, 5.41) is 7.70. The third-order valence-corrected chi connectivity index (χ3v) is 4.22. The number of oxazole rings is 1. The fraction of sp³-hybridized carbons (Fsp3) is 0.158. The Kier molecular flexibility index (Phi) is 3.72. The second kappa shape index (κ2) is 6.05. The van der Waals surface area contributed by atoms with Gasteiger partial charge in [-0.25, -0.2) is 9.07 Å². The molecule has 1 N–H and O–H groups in total. The van der Waals surface area contributed by atoms with Crippen molar-refractivity contribution in [1.29, 1.82) is 0 Å². The molecule has 2 aromatic carbocycles. The van der Waals surface area contributed by atoms with Crippen molar-refractivity contribution in [2.75, 3.05) is 5.32 Å². The standard InChI is InChI=1S/C19H17FN4O/c1-12(22-19-23-17-5-3-4-6-18(17)25-19)16-11-21-24(13(16)2)15-9-7-14(20)8-10-15/h3-12H,1-2H3,(H,22,23)/t12-/m0/s1. The smallest absolute Gasteiger partial charge is 0.296 e. The topological polar surface area (TPSA) is 55.9 Å². The zero-order valence-corrected chi connectivity index (χ0v) is 13.9. The molecular formula is C19H17FN4O. The average Bonchev–Trinajstić information content (AvgIpc) is 3.18. The first kappa shape index (κ1) is 15.4. The van der Waals surface area contributed by atoms with E-state index in [0.29, 0.717) is 6.01 Å². The lowest BCUT2D eigenvalue weighted by Gasteiger charge is -2.12. The number of aromatic nitrogens is 3. The van der Waals surface area contributed by atoms with E-state index >= 15 is 0 Å². The summed E-state index contributed by atoms with van der Waals surface area (Å²) in [5.74, 6) is -0.264. The number of para-hydroxylation sites is 2. The number of anilines is 1. The highest BCUT2D eigenvalue weighted by Gasteiger charge is 2.16. The van der Waals surface area contributed by atoms with Crippen LogP contribution in [0, 0.1) is 12.7 Å². The zero-order valence-electron chi connectivity index (χ0n) is 13.9. The molecule has 0 unspecified atom stereocenters. The van der Waals surface area contributed by atoms with Gasteiger partial charge in [-0.2, -0.15) is 10.1 Å². The van der Waals surface area contributed by atoms with Crippen molar-refractivity contribution < 1.29 is 8.81 Å². The number of fused-ring (bicyclic) bond motifs is 1. The van der Waals surface area contributed by atoms with Gasteiger partial charge in [0.15, 0.2) is 5.58 Å². The molecule has 0 fully saturated rings. The molecular weight excluding hydrogens is 319 g/mol. The van der Waals surface area contributed by atoms with E-state index in [2.05, 4.69) is 15.4 Å². The molecule has 0 saturated carbocycles. The van der Waals surface area contributed by atoms with Crippen LogP contribution in [0.3, 0.4) is 0 Å². The minimum absolute atomic E-state index is 0.0396. The molecule has 2 aromatic heterocycles. The summed E-state index contributed by atoms with van der Waals surface area (Å²) in [4.78, 5) is 4.44. The highest BCUT2D eigenvalue weighted by molar-refractivity contribution is 5.74. The number of benzene rings is 2. The SMILES string of the molecule is Cc1c([C@H](C)Nc2nc3ccccc3o2)cnn1-c1ccc(F)cc1. The Morgan fingerprint density at radius 2 is 1.88 bits per heavy atom. The molecule has 0 spiro atoms. The van der Waals surface area contributed by atoms with Crippen molar-refractivity contribution in [2.45, 2.75) is 19.9 Å². The number of hydrogen-bond acceptors (Lipinski definition) is 4. The fourth-order valence-corrected chi connectivity index (χ4v) is 2.89. The summed E-state index contributed by atoms with van der Waals surface area (Å²) >= 11 is 0. The summed E-state index contributed by atoms with van der Waals surface area (Å²) in [6, 6.07) is 14.3. The molecule has 1 atom stereocenters. The maximum Gasteiger partial charge on any atom is 0.296 e.